The number of hydrogen-bond donors (Lipinski definition) is 0. The Bertz CT molecular complexity index is 6610. The van der Waals surface area contributed by atoms with E-state index in [0.29, 0.717) is 11.3 Å². The molecule has 13 aromatic rings. The molecule has 10 aromatic carbocycles. The molecular formula is C84H76N4OPt-2. The largest absolute Gasteiger partial charge is 0.510 e. The third kappa shape index (κ3) is 10.9. The van der Waals surface area contributed by atoms with E-state index in [1.165, 1.54) is 86.0 Å². The van der Waals surface area contributed by atoms with Crippen LogP contribution in [0, 0.1) is 32.2 Å². The molecule has 0 radical (unpaired) electrons. The molecule has 0 aliphatic heterocycles. The molecule has 0 bridgehead atoms. The van der Waals surface area contributed by atoms with Crippen molar-refractivity contribution in [1.82, 2.24) is 14.1 Å². The van der Waals surface area contributed by atoms with Crippen molar-refractivity contribution in [3.8, 4) is 84.3 Å². The standard InChI is InChI=1S/C84H76N4O.Pt/c1-54-23-21-24-55(2)79(54)59-34-38-75-77(47-59)86(65-29-22-30-66(51-65)89-67-35-36-69-68-31-19-20-32-74(68)88(76(69)52-67)78-50-63(39-42-85-78)81(3,4)5)53-87(75)80-70(58-33-37-72-73(46-58)84(11,12)41-40-83(72,9)10)48-64(82(6,7)8)49-71(80)62-44-60(56-25-15-13-16-26-56)43-61(45-62)57-27-17-14-18-28-57;/h13-39,42-50H,40-41H2,1-12H3;/q-2;/i1D3,2D3,9D3,10D3,11D3,12D3,13D,14D,15D,16D,17D,18D,25D,26D,27D,28D,33D,37D,40D2,41D2,43D,44D,45D,46D;. The summed E-state index contributed by atoms with van der Waals surface area (Å²) >= 11 is 0. The molecule has 1 aliphatic rings. The SMILES string of the molecule is [2H]c1c([2H])c([2H])c(-c2c([2H])c(-c3cc(C(C)(C)C)cc(-c4c([2H])c([2H])c5c(c4[2H])C(C([2H])([2H])[2H])(C([2H])([2H])[2H])C([2H])([2H])C([2H])([2H])C5(C([2H])([2H])[2H])C([2H])([2H])[2H])c3-[n+]3[c-]n(-c4[c-]c(Oc5[c-]c6c(cc5)c5ccccc5n6-c5cc(C(C)(C)C)ccn5)ccc4)c4cc(-c5c(C([2H])([2H])[2H])cccc5C([2H])([2H])[2H])ccc43)c([2H])c(-c3c([2H])c([2H])c([2H])c([2H])c3[2H])c2[2H])c([2H])c1[2H].[Pt]. The molecule has 0 N–H and O–H groups in total. The number of pyridine rings is 1. The van der Waals surface area contributed by atoms with Crippen molar-refractivity contribution in [1.29, 1.82) is 0 Å². The van der Waals surface area contributed by atoms with E-state index < -0.39 is 239 Å². The number of hydrogen-bond acceptors (Lipinski definition) is 2. The van der Waals surface area contributed by atoms with Crippen LogP contribution < -0.4 is 9.30 Å². The Morgan fingerprint density at radius 2 is 1.20 bits per heavy atom. The number of aromatic nitrogens is 4. The Kier molecular flexibility index (Phi) is 7.69. The zero-order valence-corrected chi connectivity index (χ0v) is 51.3. The number of fused-ring (bicyclic) bond motifs is 5. The fraction of sp³-hybridized carbons (Fsp3) is 0.214. The second-order valence-corrected chi connectivity index (χ2v) is 23.7. The van der Waals surface area contributed by atoms with Gasteiger partial charge in [0, 0.05) is 74.4 Å². The van der Waals surface area contributed by atoms with Crippen molar-refractivity contribution >= 4 is 32.8 Å². The second-order valence-electron chi connectivity index (χ2n) is 23.7. The average molecular weight is 1390 g/mol. The Labute approximate surface area is 599 Å². The van der Waals surface area contributed by atoms with Crippen LogP contribution in [-0.2, 0) is 42.7 Å². The Balaban J connectivity index is 0.0000140. The van der Waals surface area contributed by atoms with Crippen molar-refractivity contribution < 1.29 is 82.5 Å². The zero-order chi connectivity index (χ0) is 94.2. The maximum atomic E-state index is 10.8. The molecule has 0 fully saturated rings. The van der Waals surface area contributed by atoms with Gasteiger partial charge in [-0.25, -0.2) is 4.98 Å². The van der Waals surface area contributed by atoms with Gasteiger partial charge in [-0.2, -0.15) is 18.2 Å². The molecule has 5 nitrogen and oxygen atoms in total. The van der Waals surface area contributed by atoms with Gasteiger partial charge in [-0.3, -0.25) is 4.57 Å². The molecular weight excluding hydrogens is 1280 g/mol. The van der Waals surface area contributed by atoms with Crippen molar-refractivity contribution in [2.45, 2.75) is 117 Å². The van der Waals surface area contributed by atoms with Crippen LogP contribution in [0.5, 0.6) is 11.5 Å². The van der Waals surface area contributed by atoms with Crippen LogP contribution in [0.1, 0.15) is 167 Å². The molecule has 0 unspecified atom stereocenters. The fourth-order valence-electron chi connectivity index (χ4n) is 11.1. The molecule has 0 atom stereocenters. The predicted molar refractivity (Wildman–Crippen MR) is 369 cm³/mol. The molecule has 3 heterocycles. The van der Waals surface area contributed by atoms with Gasteiger partial charge in [0.1, 0.15) is 5.82 Å². The minimum atomic E-state index is -4.88. The molecule has 1 aliphatic carbocycles. The summed E-state index contributed by atoms with van der Waals surface area (Å²) in [4.78, 5) is 4.79. The molecule has 0 amide bonds. The molecule has 450 valence electrons. The van der Waals surface area contributed by atoms with E-state index in [1.54, 1.807) is 18.3 Å². The third-order valence-electron chi connectivity index (χ3n) is 15.6. The number of benzene rings is 10. The van der Waals surface area contributed by atoms with Gasteiger partial charge >= 0.3 is 0 Å². The summed E-state index contributed by atoms with van der Waals surface area (Å²) in [5.41, 5.74) is -23.6. The summed E-state index contributed by atoms with van der Waals surface area (Å²) in [5, 5.41) is 1.55. The minimum Gasteiger partial charge on any atom is -0.510 e. The van der Waals surface area contributed by atoms with E-state index in [2.05, 4.69) is 18.5 Å². The number of imidazole rings is 1. The summed E-state index contributed by atoms with van der Waals surface area (Å²) in [6.07, 6.45) is -4.81. The molecule has 3 aromatic heterocycles. The first kappa shape index (κ1) is 30.3. The van der Waals surface area contributed by atoms with Crippen LogP contribution in [0.3, 0.4) is 0 Å². The van der Waals surface area contributed by atoms with E-state index >= 15 is 0 Å². The van der Waals surface area contributed by atoms with Gasteiger partial charge in [0.05, 0.1) is 38.7 Å². The first-order valence-electron chi connectivity index (χ1n) is 47.2. The van der Waals surface area contributed by atoms with E-state index in [-0.39, 0.29) is 71.4 Å². The molecule has 0 saturated carbocycles. The van der Waals surface area contributed by atoms with E-state index in [0.717, 1.165) is 32.5 Å². The number of aryl methyl sites for hydroxylation is 2. The van der Waals surface area contributed by atoms with Gasteiger partial charge in [0.15, 0.2) is 0 Å². The maximum Gasteiger partial charge on any atom is 0.268 e. The second kappa shape index (κ2) is 22.9. The van der Waals surface area contributed by atoms with E-state index in [9.17, 15) is 27.4 Å². The predicted octanol–water partition coefficient (Wildman–Crippen LogP) is 21.5. The van der Waals surface area contributed by atoms with Crippen molar-refractivity contribution in [3.63, 3.8) is 0 Å². The Morgan fingerprint density at radius 3 is 1.88 bits per heavy atom. The fourth-order valence-corrected chi connectivity index (χ4v) is 11.1. The Morgan fingerprint density at radius 1 is 0.556 bits per heavy atom. The topological polar surface area (TPSA) is 35.9 Å². The van der Waals surface area contributed by atoms with Crippen LogP contribution in [0.15, 0.2) is 218 Å². The van der Waals surface area contributed by atoms with Crippen molar-refractivity contribution in [2.24, 2.45) is 0 Å². The number of rotatable bonds is 10. The van der Waals surface area contributed by atoms with Crippen LogP contribution in [0.4, 0.5) is 0 Å². The summed E-state index contributed by atoms with van der Waals surface area (Å²) < 4.78 is 368. The molecule has 14 rings (SSSR count). The minimum absolute atomic E-state index is 0. The summed E-state index contributed by atoms with van der Waals surface area (Å²) in [6.45, 7) is -13.7. The first-order valence-corrected chi connectivity index (χ1v) is 28.2. The van der Waals surface area contributed by atoms with Gasteiger partial charge in [-0.1, -0.05) is 214 Å². The van der Waals surface area contributed by atoms with E-state index in [1.807, 2.05) is 61.7 Å². The van der Waals surface area contributed by atoms with Gasteiger partial charge in [0.2, 0.25) is 0 Å². The van der Waals surface area contributed by atoms with Crippen LogP contribution in [0.2, 0.25) is 0 Å². The number of ether oxygens (including phenoxy) is 1. The zero-order valence-electron chi connectivity index (χ0n) is 87.1. The summed E-state index contributed by atoms with van der Waals surface area (Å²) in [6, 6.07) is 16.1. The third-order valence-corrected chi connectivity index (χ3v) is 15.6. The van der Waals surface area contributed by atoms with Gasteiger partial charge in [0.25, 0.3) is 6.33 Å². The van der Waals surface area contributed by atoms with Gasteiger partial charge < -0.3 is 13.9 Å². The average Bonchev–Trinajstić information content (AvgIpc) is 0.663. The summed E-state index contributed by atoms with van der Waals surface area (Å²) in [5.74, 6) is 0.519. The quantitative estimate of drug-likeness (QED) is 0.101. The van der Waals surface area contributed by atoms with Gasteiger partial charge in [-0.15, -0.1) is 29.7 Å². The van der Waals surface area contributed by atoms with Crippen LogP contribution in [-0.4, -0.2) is 14.1 Å². The molecule has 0 saturated heterocycles. The molecule has 0 spiro atoms. The van der Waals surface area contributed by atoms with E-state index in [4.69, 9.17) is 34.4 Å². The number of nitrogens with zero attached hydrogens (tertiary/aromatic N) is 4. The smallest absolute Gasteiger partial charge is 0.268 e. The van der Waals surface area contributed by atoms with Crippen LogP contribution in [0.25, 0.3) is 106 Å². The monoisotopic (exact) mass is 1390 g/mol. The normalized spacial score (nSPS) is 21.8. The van der Waals surface area contributed by atoms with Crippen molar-refractivity contribution in [2.75, 3.05) is 0 Å². The maximum absolute atomic E-state index is 10.8. The summed E-state index contributed by atoms with van der Waals surface area (Å²) in [7, 11) is 0. The Hall–Kier alpha value is -8.89. The molecule has 90 heavy (non-hydrogen) atoms. The number of para-hydroxylation sites is 1. The van der Waals surface area contributed by atoms with Gasteiger partial charge in [-0.05, 0) is 191 Å². The molecule has 6 heteroatoms. The van der Waals surface area contributed by atoms with Crippen molar-refractivity contribution in [3.05, 3.63) is 270 Å². The first-order chi connectivity index (χ1) is 58.3. The van der Waals surface area contributed by atoms with Crippen LogP contribution >= 0.6 is 0 Å².